The van der Waals surface area contributed by atoms with E-state index in [1.165, 1.54) is 6.26 Å². The second kappa shape index (κ2) is 7.47. The molecule has 5 rings (SSSR count). The number of piperazine rings is 1. The van der Waals surface area contributed by atoms with E-state index in [1.54, 1.807) is 39.1 Å². The Bertz CT molecular complexity index is 977. The smallest absolute Gasteiger partial charge is 0.289 e. The summed E-state index contributed by atoms with van der Waals surface area (Å²) in [6.45, 7) is 2.66. The lowest BCUT2D eigenvalue weighted by Gasteiger charge is -2.35. The summed E-state index contributed by atoms with van der Waals surface area (Å²) in [4.78, 5) is 47.4. The van der Waals surface area contributed by atoms with E-state index < -0.39 is 0 Å². The molecule has 4 heterocycles. The first-order chi connectivity index (χ1) is 14.6. The number of pyridine rings is 1. The van der Waals surface area contributed by atoms with Crippen molar-refractivity contribution in [2.24, 2.45) is 5.92 Å². The predicted molar refractivity (Wildman–Crippen MR) is 108 cm³/mol. The number of nitrogens with one attached hydrogen (secondary N) is 1. The molecule has 2 fully saturated rings. The average molecular weight is 409 g/mol. The van der Waals surface area contributed by atoms with E-state index in [-0.39, 0.29) is 24.3 Å². The lowest BCUT2D eigenvalue weighted by Crippen LogP contribution is -2.50. The zero-order valence-corrected chi connectivity index (χ0v) is 16.5. The molecule has 2 aromatic rings. The van der Waals surface area contributed by atoms with Crippen molar-refractivity contribution in [2.45, 2.75) is 12.8 Å². The molecule has 1 aliphatic carbocycles. The maximum absolute atomic E-state index is 13.1. The Balaban J connectivity index is 1.28. The van der Waals surface area contributed by atoms with E-state index in [0.29, 0.717) is 61.5 Å². The average Bonchev–Trinajstić information content (AvgIpc) is 3.43. The molecule has 30 heavy (non-hydrogen) atoms. The number of nitrogens with zero attached hydrogens (tertiary/aromatic N) is 4. The third-order valence-corrected chi connectivity index (χ3v) is 5.84. The van der Waals surface area contributed by atoms with E-state index in [9.17, 15) is 14.4 Å². The number of hydrogen-bond acceptors (Lipinski definition) is 6. The lowest BCUT2D eigenvalue weighted by molar-refractivity contribution is -0.117. The fourth-order valence-corrected chi connectivity index (χ4v) is 3.91. The molecule has 0 unspecified atom stereocenters. The van der Waals surface area contributed by atoms with Crippen molar-refractivity contribution in [3.63, 3.8) is 0 Å². The van der Waals surface area contributed by atoms with E-state index in [4.69, 9.17) is 4.42 Å². The van der Waals surface area contributed by atoms with Crippen LogP contribution in [0.2, 0.25) is 0 Å². The number of rotatable bonds is 4. The molecular formula is C21H23N5O4. The molecule has 1 saturated heterocycles. The van der Waals surface area contributed by atoms with Gasteiger partial charge < -0.3 is 24.4 Å². The summed E-state index contributed by atoms with van der Waals surface area (Å²) in [6, 6.07) is 5.08. The van der Waals surface area contributed by atoms with Gasteiger partial charge in [0.1, 0.15) is 5.82 Å². The Labute approximate surface area is 173 Å². The molecule has 9 heteroatoms. The standard InChI is InChI=1S/C21H23N5O4/c27-18-12-23-19-16(26(18)13-14-3-4-14)10-15(11-22-19)20(28)24-5-7-25(8-6-24)21(29)17-2-1-9-30-17/h1-2,9-11,14H,3-8,12-13H2,(H,22,23). The Hall–Kier alpha value is -3.36. The second-order valence-electron chi connectivity index (χ2n) is 7.95. The van der Waals surface area contributed by atoms with Crippen molar-refractivity contribution >= 4 is 29.2 Å². The number of anilines is 2. The first kappa shape index (κ1) is 18.7. The van der Waals surface area contributed by atoms with Gasteiger partial charge in [0, 0.05) is 38.9 Å². The minimum Gasteiger partial charge on any atom is -0.459 e. The second-order valence-corrected chi connectivity index (χ2v) is 7.95. The van der Waals surface area contributed by atoms with Gasteiger partial charge in [0.25, 0.3) is 11.8 Å². The first-order valence-corrected chi connectivity index (χ1v) is 10.3. The van der Waals surface area contributed by atoms with Gasteiger partial charge in [-0.3, -0.25) is 14.4 Å². The molecular weight excluding hydrogens is 386 g/mol. The van der Waals surface area contributed by atoms with Crippen LogP contribution >= 0.6 is 0 Å². The van der Waals surface area contributed by atoms with Gasteiger partial charge in [-0.1, -0.05) is 0 Å². The largest absolute Gasteiger partial charge is 0.459 e. The summed E-state index contributed by atoms with van der Waals surface area (Å²) >= 11 is 0. The van der Waals surface area contributed by atoms with Gasteiger partial charge >= 0.3 is 0 Å². The minimum atomic E-state index is -0.164. The summed E-state index contributed by atoms with van der Waals surface area (Å²) in [5.74, 6) is 1.19. The highest BCUT2D eigenvalue weighted by Crippen LogP contribution is 2.35. The lowest BCUT2D eigenvalue weighted by atomic mass is 10.1. The molecule has 0 atom stereocenters. The van der Waals surface area contributed by atoms with Gasteiger partial charge in [-0.25, -0.2) is 4.98 Å². The maximum Gasteiger partial charge on any atom is 0.289 e. The summed E-state index contributed by atoms with van der Waals surface area (Å²) in [5.41, 5.74) is 1.13. The van der Waals surface area contributed by atoms with Crippen molar-refractivity contribution in [2.75, 3.05) is 49.5 Å². The number of amides is 3. The number of fused-ring (bicyclic) bond motifs is 1. The summed E-state index contributed by atoms with van der Waals surface area (Å²) in [7, 11) is 0. The van der Waals surface area contributed by atoms with Crippen LogP contribution in [0, 0.1) is 5.92 Å². The van der Waals surface area contributed by atoms with Crippen molar-refractivity contribution in [3.8, 4) is 0 Å². The van der Waals surface area contributed by atoms with Crippen LogP contribution in [0.15, 0.2) is 35.1 Å². The molecule has 3 amide bonds. The van der Waals surface area contributed by atoms with Crippen LogP contribution in [0.4, 0.5) is 11.5 Å². The predicted octanol–water partition coefficient (Wildman–Crippen LogP) is 1.44. The zero-order valence-electron chi connectivity index (χ0n) is 16.5. The highest BCUT2D eigenvalue weighted by atomic mass is 16.3. The Morgan fingerprint density at radius 3 is 2.53 bits per heavy atom. The molecule has 1 saturated carbocycles. The number of furan rings is 1. The Morgan fingerprint density at radius 2 is 1.87 bits per heavy atom. The van der Waals surface area contributed by atoms with E-state index in [2.05, 4.69) is 10.3 Å². The van der Waals surface area contributed by atoms with Crippen LogP contribution in [0.1, 0.15) is 33.8 Å². The van der Waals surface area contributed by atoms with Crippen LogP contribution < -0.4 is 10.2 Å². The number of hydrogen-bond donors (Lipinski definition) is 1. The third kappa shape index (κ3) is 3.51. The maximum atomic E-state index is 13.1. The van der Waals surface area contributed by atoms with Crippen LogP contribution in [0.25, 0.3) is 0 Å². The summed E-state index contributed by atoms with van der Waals surface area (Å²) < 4.78 is 5.18. The van der Waals surface area contributed by atoms with Crippen LogP contribution in [0.3, 0.4) is 0 Å². The van der Waals surface area contributed by atoms with Crippen LogP contribution in [0.5, 0.6) is 0 Å². The fraction of sp³-hybridized carbons (Fsp3) is 0.429. The zero-order chi connectivity index (χ0) is 20.7. The number of carbonyl (C=O) groups is 3. The molecule has 0 aromatic carbocycles. The Morgan fingerprint density at radius 1 is 1.13 bits per heavy atom. The topological polar surface area (TPSA) is 99.0 Å². The molecule has 0 spiro atoms. The molecule has 3 aliphatic rings. The third-order valence-electron chi connectivity index (χ3n) is 5.84. The van der Waals surface area contributed by atoms with E-state index in [0.717, 1.165) is 12.8 Å². The molecule has 2 aliphatic heterocycles. The molecule has 9 nitrogen and oxygen atoms in total. The molecule has 0 bridgehead atoms. The molecule has 156 valence electrons. The van der Waals surface area contributed by atoms with E-state index >= 15 is 0 Å². The van der Waals surface area contributed by atoms with Crippen LogP contribution in [-0.4, -0.2) is 71.8 Å². The van der Waals surface area contributed by atoms with Crippen LogP contribution in [-0.2, 0) is 4.79 Å². The Kier molecular flexibility index (Phi) is 4.65. The fourth-order valence-electron chi connectivity index (χ4n) is 3.91. The van der Waals surface area contributed by atoms with Gasteiger partial charge in [0.15, 0.2) is 5.76 Å². The number of carbonyl (C=O) groups excluding carboxylic acids is 3. The number of aromatic nitrogens is 1. The quantitative estimate of drug-likeness (QED) is 0.821. The first-order valence-electron chi connectivity index (χ1n) is 10.3. The molecule has 1 N–H and O–H groups in total. The van der Waals surface area contributed by atoms with Gasteiger partial charge in [-0.15, -0.1) is 0 Å². The SMILES string of the molecule is O=C(c1cnc2c(c1)N(CC1CC1)C(=O)CN2)N1CCN(C(=O)c2ccco2)CC1. The summed E-state index contributed by atoms with van der Waals surface area (Å²) in [6.07, 6.45) is 5.31. The molecule has 0 radical (unpaired) electrons. The minimum absolute atomic E-state index is 0.00542. The molecule has 2 aromatic heterocycles. The monoisotopic (exact) mass is 409 g/mol. The van der Waals surface area contributed by atoms with E-state index in [1.807, 2.05) is 0 Å². The highest BCUT2D eigenvalue weighted by Gasteiger charge is 2.33. The van der Waals surface area contributed by atoms with Crippen molar-refractivity contribution < 1.29 is 18.8 Å². The normalized spacial score (nSPS) is 18.8. The van der Waals surface area contributed by atoms with Crippen molar-refractivity contribution in [3.05, 3.63) is 42.0 Å². The highest BCUT2D eigenvalue weighted by molar-refractivity contribution is 6.04. The van der Waals surface area contributed by atoms with Gasteiger partial charge in [-0.05, 0) is 37.0 Å². The van der Waals surface area contributed by atoms with Crippen molar-refractivity contribution in [1.29, 1.82) is 0 Å². The van der Waals surface area contributed by atoms with Gasteiger partial charge in [0.2, 0.25) is 5.91 Å². The van der Waals surface area contributed by atoms with Gasteiger partial charge in [-0.2, -0.15) is 0 Å². The van der Waals surface area contributed by atoms with Gasteiger partial charge in [0.05, 0.1) is 24.1 Å². The summed E-state index contributed by atoms with van der Waals surface area (Å²) in [5, 5.41) is 3.03. The van der Waals surface area contributed by atoms with Crippen molar-refractivity contribution in [1.82, 2.24) is 14.8 Å².